The Kier molecular flexibility index (Phi) is 5.86. The third-order valence-corrected chi connectivity index (χ3v) is 3.42. The standard InChI is InChI=1S/C18H23N3O2/c1-21(2)16-9-7-14(8-10-16)19-12-11-18(22)20-15-5-4-6-17(13-15)23-3/h4-10,13,19H,11-12H2,1-3H3,(H,20,22). The van der Waals surface area contributed by atoms with Crippen molar-refractivity contribution in [1.82, 2.24) is 0 Å². The Morgan fingerprint density at radius 3 is 2.48 bits per heavy atom. The maximum Gasteiger partial charge on any atom is 0.226 e. The molecule has 0 saturated carbocycles. The summed E-state index contributed by atoms with van der Waals surface area (Å²) < 4.78 is 5.13. The molecule has 2 aromatic carbocycles. The first-order valence-corrected chi connectivity index (χ1v) is 7.53. The molecule has 0 bridgehead atoms. The Morgan fingerprint density at radius 2 is 1.83 bits per heavy atom. The Hall–Kier alpha value is -2.69. The van der Waals surface area contributed by atoms with E-state index in [0.717, 1.165) is 22.8 Å². The van der Waals surface area contributed by atoms with Crippen molar-refractivity contribution in [2.75, 3.05) is 43.3 Å². The van der Waals surface area contributed by atoms with Gasteiger partial charge in [-0.25, -0.2) is 0 Å². The van der Waals surface area contributed by atoms with E-state index in [-0.39, 0.29) is 5.91 Å². The lowest BCUT2D eigenvalue weighted by atomic mass is 10.2. The number of amides is 1. The van der Waals surface area contributed by atoms with E-state index in [0.29, 0.717) is 13.0 Å². The van der Waals surface area contributed by atoms with Gasteiger partial charge in [-0.15, -0.1) is 0 Å². The minimum Gasteiger partial charge on any atom is -0.497 e. The summed E-state index contributed by atoms with van der Waals surface area (Å²) >= 11 is 0. The number of rotatable bonds is 7. The summed E-state index contributed by atoms with van der Waals surface area (Å²) in [7, 11) is 5.61. The van der Waals surface area contributed by atoms with Crippen LogP contribution in [0.1, 0.15) is 6.42 Å². The highest BCUT2D eigenvalue weighted by atomic mass is 16.5. The van der Waals surface area contributed by atoms with Gasteiger partial charge in [-0.2, -0.15) is 0 Å². The minimum absolute atomic E-state index is 0.0318. The number of hydrogen-bond donors (Lipinski definition) is 2. The Labute approximate surface area is 137 Å². The van der Waals surface area contributed by atoms with Crippen molar-refractivity contribution in [3.8, 4) is 5.75 Å². The van der Waals surface area contributed by atoms with Crippen LogP contribution in [0.3, 0.4) is 0 Å². The number of nitrogens with zero attached hydrogens (tertiary/aromatic N) is 1. The van der Waals surface area contributed by atoms with Crippen molar-refractivity contribution in [1.29, 1.82) is 0 Å². The van der Waals surface area contributed by atoms with Gasteiger partial charge in [0.05, 0.1) is 7.11 Å². The Bertz CT molecular complexity index is 639. The molecule has 23 heavy (non-hydrogen) atoms. The number of ether oxygens (including phenoxy) is 1. The van der Waals surface area contributed by atoms with Gasteiger partial charge in [-0.3, -0.25) is 4.79 Å². The molecule has 0 saturated heterocycles. The summed E-state index contributed by atoms with van der Waals surface area (Å²) in [5.41, 5.74) is 2.89. The first-order chi connectivity index (χ1) is 11.1. The molecule has 0 aliphatic carbocycles. The van der Waals surface area contributed by atoms with E-state index in [9.17, 15) is 4.79 Å². The number of nitrogens with one attached hydrogen (secondary N) is 2. The van der Waals surface area contributed by atoms with Crippen LogP contribution in [0, 0.1) is 0 Å². The van der Waals surface area contributed by atoms with E-state index in [4.69, 9.17) is 4.74 Å². The van der Waals surface area contributed by atoms with E-state index >= 15 is 0 Å². The topological polar surface area (TPSA) is 53.6 Å². The van der Waals surface area contributed by atoms with Gasteiger partial charge in [-0.05, 0) is 36.4 Å². The average molecular weight is 313 g/mol. The lowest BCUT2D eigenvalue weighted by Crippen LogP contribution is -2.16. The highest BCUT2D eigenvalue weighted by Gasteiger charge is 2.03. The molecule has 2 rings (SSSR count). The highest BCUT2D eigenvalue weighted by Crippen LogP contribution is 2.17. The Morgan fingerprint density at radius 1 is 1.09 bits per heavy atom. The summed E-state index contributed by atoms with van der Waals surface area (Å²) in [6.07, 6.45) is 0.395. The molecule has 2 N–H and O–H groups in total. The summed E-state index contributed by atoms with van der Waals surface area (Å²) in [5, 5.41) is 6.11. The number of carbonyl (C=O) groups excluding carboxylic acids is 1. The van der Waals surface area contributed by atoms with Gasteiger partial charge in [0.25, 0.3) is 0 Å². The van der Waals surface area contributed by atoms with Crippen molar-refractivity contribution in [3.63, 3.8) is 0 Å². The van der Waals surface area contributed by atoms with Gasteiger partial charge in [0.15, 0.2) is 0 Å². The van der Waals surface area contributed by atoms with Gasteiger partial charge in [0, 0.05) is 50.2 Å². The number of methoxy groups -OCH3 is 1. The smallest absolute Gasteiger partial charge is 0.226 e. The van der Waals surface area contributed by atoms with Crippen LogP contribution in [-0.4, -0.2) is 33.7 Å². The van der Waals surface area contributed by atoms with Gasteiger partial charge in [0.2, 0.25) is 5.91 Å². The molecular weight excluding hydrogens is 290 g/mol. The average Bonchev–Trinajstić information content (AvgIpc) is 2.55. The molecule has 0 heterocycles. The maximum atomic E-state index is 11.9. The predicted octanol–water partition coefficient (Wildman–Crippen LogP) is 3.20. The molecule has 5 nitrogen and oxygen atoms in total. The summed E-state index contributed by atoms with van der Waals surface area (Å²) in [6.45, 7) is 0.580. The fraction of sp³-hybridized carbons (Fsp3) is 0.278. The highest BCUT2D eigenvalue weighted by molar-refractivity contribution is 5.91. The first kappa shape index (κ1) is 16.7. The fourth-order valence-electron chi connectivity index (χ4n) is 2.12. The van der Waals surface area contributed by atoms with Crippen LogP contribution in [0.2, 0.25) is 0 Å². The molecule has 2 aromatic rings. The van der Waals surface area contributed by atoms with E-state index in [2.05, 4.69) is 10.6 Å². The number of carbonyl (C=O) groups is 1. The third-order valence-electron chi connectivity index (χ3n) is 3.42. The van der Waals surface area contributed by atoms with Crippen molar-refractivity contribution < 1.29 is 9.53 Å². The quantitative estimate of drug-likeness (QED) is 0.824. The van der Waals surface area contributed by atoms with E-state index < -0.39 is 0 Å². The van der Waals surface area contributed by atoms with Gasteiger partial charge >= 0.3 is 0 Å². The lowest BCUT2D eigenvalue weighted by molar-refractivity contribution is -0.115. The van der Waals surface area contributed by atoms with Gasteiger partial charge in [-0.1, -0.05) is 6.07 Å². The van der Waals surface area contributed by atoms with Crippen LogP contribution in [0.15, 0.2) is 48.5 Å². The zero-order valence-electron chi connectivity index (χ0n) is 13.8. The largest absolute Gasteiger partial charge is 0.497 e. The van der Waals surface area contributed by atoms with Gasteiger partial charge in [0.1, 0.15) is 5.75 Å². The first-order valence-electron chi connectivity index (χ1n) is 7.53. The maximum absolute atomic E-state index is 11.9. The summed E-state index contributed by atoms with van der Waals surface area (Å²) in [5.74, 6) is 0.692. The van der Waals surface area contributed by atoms with E-state index in [1.165, 1.54) is 0 Å². The van der Waals surface area contributed by atoms with Crippen LogP contribution < -0.4 is 20.3 Å². The molecule has 0 aromatic heterocycles. The van der Waals surface area contributed by atoms with Crippen molar-refractivity contribution >= 4 is 23.0 Å². The van der Waals surface area contributed by atoms with Crippen LogP contribution >= 0.6 is 0 Å². The normalized spacial score (nSPS) is 10.0. The fourth-order valence-corrected chi connectivity index (χ4v) is 2.12. The van der Waals surface area contributed by atoms with Crippen LogP contribution in [-0.2, 0) is 4.79 Å². The Balaban J connectivity index is 1.78. The molecule has 0 aliphatic rings. The van der Waals surface area contributed by atoms with Crippen LogP contribution in [0.4, 0.5) is 17.1 Å². The third kappa shape index (κ3) is 5.21. The molecule has 0 unspecified atom stereocenters. The molecule has 0 radical (unpaired) electrons. The minimum atomic E-state index is -0.0318. The second kappa shape index (κ2) is 8.08. The van der Waals surface area contributed by atoms with Crippen molar-refractivity contribution in [2.45, 2.75) is 6.42 Å². The summed E-state index contributed by atoms with van der Waals surface area (Å²) in [4.78, 5) is 14.0. The molecule has 1 amide bonds. The number of anilines is 3. The van der Waals surface area contributed by atoms with Crippen molar-refractivity contribution in [2.24, 2.45) is 0 Å². The van der Waals surface area contributed by atoms with Crippen molar-refractivity contribution in [3.05, 3.63) is 48.5 Å². The second-order valence-corrected chi connectivity index (χ2v) is 5.40. The molecular formula is C18H23N3O2. The van der Waals surface area contributed by atoms with Crippen LogP contribution in [0.5, 0.6) is 5.75 Å². The molecule has 0 aliphatic heterocycles. The summed E-state index contributed by atoms with van der Waals surface area (Å²) in [6, 6.07) is 15.4. The monoisotopic (exact) mass is 313 g/mol. The predicted molar refractivity (Wildman–Crippen MR) is 95.5 cm³/mol. The number of benzene rings is 2. The van der Waals surface area contributed by atoms with Crippen LogP contribution in [0.25, 0.3) is 0 Å². The molecule has 5 heteroatoms. The molecule has 0 atom stereocenters. The lowest BCUT2D eigenvalue weighted by Gasteiger charge is -2.13. The molecule has 0 fully saturated rings. The number of hydrogen-bond acceptors (Lipinski definition) is 4. The second-order valence-electron chi connectivity index (χ2n) is 5.40. The van der Waals surface area contributed by atoms with Gasteiger partial charge < -0.3 is 20.3 Å². The van der Waals surface area contributed by atoms with E-state index in [1.807, 2.05) is 61.5 Å². The van der Waals surface area contributed by atoms with E-state index in [1.54, 1.807) is 13.2 Å². The zero-order valence-corrected chi connectivity index (χ0v) is 13.8. The molecule has 0 spiro atoms. The SMILES string of the molecule is COc1cccc(NC(=O)CCNc2ccc(N(C)C)cc2)c1. The zero-order chi connectivity index (χ0) is 16.7. The molecule has 122 valence electrons.